The van der Waals surface area contributed by atoms with Crippen molar-refractivity contribution >= 4 is 6.09 Å². The number of nitrogens with zero attached hydrogens (tertiary/aromatic N) is 1. The molecule has 1 rings (SSSR count). The van der Waals surface area contributed by atoms with Gasteiger partial charge in [-0.3, -0.25) is 0 Å². The third-order valence-corrected chi connectivity index (χ3v) is 2.09. The van der Waals surface area contributed by atoms with Gasteiger partial charge in [-0.05, 0) is 27.2 Å². The molecule has 1 aliphatic heterocycles. The van der Waals surface area contributed by atoms with Gasteiger partial charge in [0.15, 0.2) is 0 Å². The van der Waals surface area contributed by atoms with Crippen molar-refractivity contribution in [3.63, 3.8) is 0 Å². The molecule has 0 aromatic heterocycles. The zero-order chi connectivity index (χ0) is 12.3. The van der Waals surface area contributed by atoms with Crippen molar-refractivity contribution in [1.29, 1.82) is 0 Å². The smallest absolute Gasteiger partial charge is 0.410 e. The van der Waals surface area contributed by atoms with Crippen molar-refractivity contribution in [1.82, 2.24) is 4.90 Å². The molecule has 16 heavy (non-hydrogen) atoms. The van der Waals surface area contributed by atoms with Crippen LogP contribution in [0.2, 0.25) is 0 Å². The van der Waals surface area contributed by atoms with Crippen molar-refractivity contribution in [2.45, 2.75) is 45.5 Å². The van der Waals surface area contributed by atoms with E-state index in [1.54, 1.807) is 20.8 Å². The van der Waals surface area contributed by atoms with Crippen LogP contribution in [0.15, 0.2) is 0 Å². The van der Waals surface area contributed by atoms with Crippen LogP contribution in [-0.2, 0) is 9.47 Å². The lowest BCUT2D eigenvalue weighted by Crippen LogP contribution is -2.36. The van der Waals surface area contributed by atoms with Crippen LogP contribution in [0.25, 0.3) is 0 Å². The number of ether oxygens (including phenoxy) is 2. The van der Waals surface area contributed by atoms with E-state index in [2.05, 4.69) is 4.74 Å². The van der Waals surface area contributed by atoms with Crippen LogP contribution in [-0.4, -0.2) is 42.4 Å². The molecule has 0 bridgehead atoms. The Labute approximate surface area is 93.5 Å². The molecule has 1 heterocycles. The molecule has 1 saturated heterocycles. The molecule has 0 aliphatic carbocycles. The SMILES string of the molecule is CC(C)(C)OC(=O)N1CC[C@@H](OC(F)F)C1. The van der Waals surface area contributed by atoms with Crippen LogP contribution < -0.4 is 0 Å². The maximum absolute atomic E-state index is 11.9. The van der Waals surface area contributed by atoms with Crippen LogP contribution in [0.4, 0.5) is 13.6 Å². The largest absolute Gasteiger partial charge is 0.444 e. The van der Waals surface area contributed by atoms with Gasteiger partial charge in [0.05, 0.1) is 12.6 Å². The van der Waals surface area contributed by atoms with E-state index in [0.717, 1.165) is 0 Å². The summed E-state index contributed by atoms with van der Waals surface area (Å²) in [5.41, 5.74) is -0.571. The van der Waals surface area contributed by atoms with Gasteiger partial charge in [-0.1, -0.05) is 0 Å². The summed E-state index contributed by atoms with van der Waals surface area (Å²) in [7, 11) is 0. The number of amides is 1. The molecule has 94 valence electrons. The first-order valence-corrected chi connectivity index (χ1v) is 5.19. The molecular weight excluding hydrogens is 220 g/mol. The predicted octanol–water partition coefficient (Wildman–Crippen LogP) is 2.24. The molecule has 1 amide bonds. The number of halogens is 2. The Morgan fingerprint density at radius 2 is 2.06 bits per heavy atom. The second-order valence-corrected chi connectivity index (χ2v) is 4.73. The van der Waals surface area contributed by atoms with Crippen molar-refractivity contribution in [3.05, 3.63) is 0 Å². The zero-order valence-electron chi connectivity index (χ0n) is 9.70. The molecule has 1 aliphatic rings. The van der Waals surface area contributed by atoms with Crippen molar-refractivity contribution in [2.24, 2.45) is 0 Å². The van der Waals surface area contributed by atoms with E-state index in [1.807, 2.05) is 0 Å². The van der Waals surface area contributed by atoms with E-state index in [1.165, 1.54) is 4.90 Å². The van der Waals surface area contributed by atoms with Crippen LogP contribution >= 0.6 is 0 Å². The normalized spacial score (nSPS) is 21.6. The highest BCUT2D eigenvalue weighted by atomic mass is 19.3. The Kier molecular flexibility index (Phi) is 4.07. The van der Waals surface area contributed by atoms with Crippen LogP contribution in [0.3, 0.4) is 0 Å². The van der Waals surface area contributed by atoms with E-state index in [9.17, 15) is 13.6 Å². The molecule has 0 aromatic rings. The van der Waals surface area contributed by atoms with Gasteiger partial charge in [0.1, 0.15) is 5.60 Å². The van der Waals surface area contributed by atoms with Crippen LogP contribution in [0.1, 0.15) is 27.2 Å². The maximum atomic E-state index is 11.9. The molecule has 6 heteroatoms. The van der Waals surface area contributed by atoms with Gasteiger partial charge in [-0.25, -0.2) is 4.79 Å². The highest BCUT2D eigenvalue weighted by Gasteiger charge is 2.31. The molecule has 1 atom stereocenters. The first kappa shape index (κ1) is 13.2. The van der Waals surface area contributed by atoms with Gasteiger partial charge in [0.2, 0.25) is 0 Å². The summed E-state index contributed by atoms with van der Waals surface area (Å²) in [4.78, 5) is 12.9. The Hall–Kier alpha value is -0.910. The summed E-state index contributed by atoms with van der Waals surface area (Å²) in [6, 6.07) is 0. The summed E-state index contributed by atoms with van der Waals surface area (Å²) in [6.07, 6.45) is -0.649. The first-order chi connectivity index (χ1) is 7.28. The maximum Gasteiger partial charge on any atom is 0.410 e. The fourth-order valence-electron chi connectivity index (χ4n) is 1.48. The van der Waals surface area contributed by atoms with E-state index in [-0.39, 0.29) is 6.54 Å². The lowest BCUT2D eigenvalue weighted by molar-refractivity contribution is -0.158. The molecule has 0 saturated carbocycles. The van der Waals surface area contributed by atoms with E-state index in [0.29, 0.717) is 13.0 Å². The Balaban J connectivity index is 2.38. The number of alkyl halides is 2. The minimum atomic E-state index is -2.79. The molecule has 0 N–H and O–H groups in total. The summed E-state index contributed by atoms with van der Waals surface area (Å²) in [5.74, 6) is 0. The molecule has 0 spiro atoms. The number of carbonyl (C=O) groups is 1. The van der Waals surface area contributed by atoms with Gasteiger partial charge in [-0.15, -0.1) is 0 Å². The molecule has 0 unspecified atom stereocenters. The van der Waals surface area contributed by atoms with Crippen molar-refractivity contribution in [2.75, 3.05) is 13.1 Å². The molecule has 0 aromatic carbocycles. The van der Waals surface area contributed by atoms with Crippen molar-refractivity contribution < 1.29 is 23.0 Å². The summed E-state index contributed by atoms with van der Waals surface area (Å²) in [6.45, 7) is 3.05. The van der Waals surface area contributed by atoms with Gasteiger partial charge in [-0.2, -0.15) is 8.78 Å². The van der Waals surface area contributed by atoms with Crippen LogP contribution in [0.5, 0.6) is 0 Å². The third-order valence-electron chi connectivity index (χ3n) is 2.09. The number of hydrogen-bond acceptors (Lipinski definition) is 3. The van der Waals surface area contributed by atoms with E-state index < -0.39 is 24.4 Å². The standard InChI is InChI=1S/C10H17F2NO3/c1-10(2,3)16-9(14)13-5-4-7(6-13)15-8(11)12/h7-8H,4-6H2,1-3H3/t7-/m1/s1. The molecule has 4 nitrogen and oxygen atoms in total. The lowest BCUT2D eigenvalue weighted by Gasteiger charge is -2.24. The highest BCUT2D eigenvalue weighted by molar-refractivity contribution is 5.68. The number of rotatable bonds is 2. The Morgan fingerprint density at radius 3 is 2.56 bits per heavy atom. The topological polar surface area (TPSA) is 38.8 Å². The van der Waals surface area contributed by atoms with Gasteiger partial charge >= 0.3 is 12.7 Å². The highest BCUT2D eigenvalue weighted by Crippen LogP contribution is 2.18. The Bertz CT molecular complexity index is 253. The monoisotopic (exact) mass is 237 g/mol. The van der Waals surface area contributed by atoms with E-state index in [4.69, 9.17) is 4.74 Å². The minimum Gasteiger partial charge on any atom is -0.444 e. The Morgan fingerprint density at radius 1 is 1.44 bits per heavy atom. The minimum absolute atomic E-state index is 0.166. The molecule has 1 fully saturated rings. The number of carbonyl (C=O) groups excluding carboxylic acids is 1. The fourth-order valence-corrected chi connectivity index (χ4v) is 1.48. The van der Waals surface area contributed by atoms with E-state index >= 15 is 0 Å². The third kappa shape index (κ3) is 4.30. The average Bonchev–Trinajstić information content (AvgIpc) is 2.48. The fraction of sp³-hybridized carbons (Fsp3) is 0.900. The first-order valence-electron chi connectivity index (χ1n) is 5.19. The second-order valence-electron chi connectivity index (χ2n) is 4.73. The second kappa shape index (κ2) is 4.95. The predicted molar refractivity (Wildman–Crippen MR) is 53.3 cm³/mol. The molecule has 0 radical (unpaired) electrons. The van der Waals surface area contributed by atoms with Gasteiger partial charge < -0.3 is 14.4 Å². The average molecular weight is 237 g/mol. The number of hydrogen-bond donors (Lipinski definition) is 0. The van der Waals surface area contributed by atoms with Gasteiger partial charge in [0, 0.05) is 6.54 Å². The van der Waals surface area contributed by atoms with Crippen molar-refractivity contribution in [3.8, 4) is 0 Å². The lowest BCUT2D eigenvalue weighted by atomic mass is 10.2. The summed E-state index contributed by atoms with van der Waals surface area (Å²) >= 11 is 0. The number of likely N-dealkylation sites (tertiary alicyclic amines) is 1. The molecular formula is C10H17F2NO3. The summed E-state index contributed by atoms with van der Waals surface area (Å²) < 4.78 is 33.3. The summed E-state index contributed by atoms with van der Waals surface area (Å²) in [5, 5.41) is 0. The quantitative estimate of drug-likeness (QED) is 0.739. The van der Waals surface area contributed by atoms with Gasteiger partial charge in [0.25, 0.3) is 0 Å². The van der Waals surface area contributed by atoms with Crippen LogP contribution in [0, 0.1) is 0 Å². The zero-order valence-corrected chi connectivity index (χ0v) is 9.70.